The zero-order valence-corrected chi connectivity index (χ0v) is 16.0. The van der Waals surface area contributed by atoms with Crippen molar-refractivity contribution in [1.29, 1.82) is 0 Å². The Morgan fingerprint density at radius 3 is 1.96 bits per heavy atom. The third kappa shape index (κ3) is 9.83. The zero-order valence-electron chi connectivity index (χ0n) is 16.0. The lowest BCUT2D eigenvalue weighted by atomic mass is 10.0. The van der Waals surface area contributed by atoms with E-state index in [9.17, 15) is 29.1 Å². The minimum absolute atomic E-state index is 0.161. The van der Waals surface area contributed by atoms with Gasteiger partial charge in [0, 0.05) is 0 Å². The minimum Gasteiger partial charge on any atom is -0.481 e. The first-order valence-corrected chi connectivity index (χ1v) is 8.60. The molecule has 4 unspecified atom stereocenters. The lowest BCUT2D eigenvalue weighted by Gasteiger charge is -2.22. The Morgan fingerprint density at radius 1 is 0.964 bits per heavy atom. The van der Waals surface area contributed by atoms with Gasteiger partial charge in [0.25, 0.3) is 0 Å². The second-order valence-electron chi connectivity index (χ2n) is 6.74. The van der Waals surface area contributed by atoms with Crippen LogP contribution < -0.4 is 21.7 Å². The molecule has 0 aromatic heterocycles. The van der Waals surface area contributed by atoms with Gasteiger partial charge in [-0.15, -0.1) is 0 Å². The molecule has 0 saturated heterocycles. The molecule has 0 aromatic rings. The molecule has 4 atom stereocenters. The van der Waals surface area contributed by atoms with Gasteiger partial charge in [0.1, 0.15) is 6.04 Å². The molecule has 0 aliphatic rings. The number of nitrogens with one attached hydrogen (secondary N) is 3. The molecular formula is C16H28N4O8. The first-order chi connectivity index (χ1) is 12.8. The maximum absolute atomic E-state index is 12.1. The molecule has 28 heavy (non-hydrogen) atoms. The molecule has 0 spiro atoms. The highest BCUT2D eigenvalue weighted by Crippen LogP contribution is 2.02. The summed E-state index contributed by atoms with van der Waals surface area (Å²) < 4.78 is 0. The predicted molar refractivity (Wildman–Crippen MR) is 95.9 cm³/mol. The first kappa shape index (κ1) is 25.3. The summed E-state index contributed by atoms with van der Waals surface area (Å²) in [4.78, 5) is 57.8. The Morgan fingerprint density at radius 2 is 1.54 bits per heavy atom. The maximum Gasteiger partial charge on any atom is 0.328 e. The monoisotopic (exact) mass is 404 g/mol. The van der Waals surface area contributed by atoms with Crippen molar-refractivity contribution in [2.75, 3.05) is 6.54 Å². The quantitative estimate of drug-likeness (QED) is 0.181. The molecule has 12 heteroatoms. The van der Waals surface area contributed by atoms with Crippen molar-refractivity contribution in [3.05, 3.63) is 0 Å². The maximum atomic E-state index is 12.1. The van der Waals surface area contributed by atoms with Crippen molar-refractivity contribution in [2.24, 2.45) is 11.7 Å². The number of nitrogens with two attached hydrogens (primary N) is 1. The Hall–Kier alpha value is -2.73. The molecule has 0 saturated carbocycles. The molecule has 0 radical (unpaired) electrons. The van der Waals surface area contributed by atoms with Gasteiger partial charge in [0.2, 0.25) is 17.7 Å². The lowest BCUT2D eigenvalue weighted by molar-refractivity contribution is -0.145. The van der Waals surface area contributed by atoms with Crippen molar-refractivity contribution in [3.8, 4) is 0 Å². The van der Waals surface area contributed by atoms with Gasteiger partial charge in [0.15, 0.2) is 6.04 Å². The summed E-state index contributed by atoms with van der Waals surface area (Å²) in [6.07, 6.45) is -1.89. The molecule has 0 rings (SSSR count). The van der Waals surface area contributed by atoms with Crippen LogP contribution in [0.2, 0.25) is 0 Å². The van der Waals surface area contributed by atoms with Crippen LogP contribution in [0.5, 0.6) is 0 Å². The largest absolute Gasteiger partial charge is 0.481 e. The van der Waals surface area contributed by atoms with E-state index >= 15 is 0 Å². The van der Waals surface area contributed by atoms with E-state index in [4.69, 9.17) is 15.9 Å². The third-order valence-electron chi connectivity index (χ3n) is 3.56. The van der Waals surface area contributed by atoms with Crippen LogP contribution in [0.3, 0.4) is 0 Å². The van der Waals surface area contributed by atoms with Crippen LogP contribution in [0.1, 0.15) is 33.6 Å². The van der Waals surface area contributed by atoms with Gasteiger partial charge in [0.05, 0.1) is 25.1 Å². The van der Waals surface area contributed by atoms with Gasteiger partial charge in [-0.1, -0.05) is 13.8 Å². The SMILES string of the molecule is CC(C)CC(N)C(=O)NCC(=O)NC(CC(=O)O)C(=O)NC(C(=O)O)C(C)O. The number of hydrogen-bond donors (Lipinski definition) is 7. The van der Waals surface area contributed by atoms with Crippen LogP contribution in [0, 0.1) is 5.92 Å². The van der Waals surface area contributed by atoms with Crippen molar-refractivity contribution in [2.45, 2.75) is 57.8 Å². The van der Waals surface area contributed by atoms with E-state index < -0.39 is 66.9 Å². The molecular weight excluding hydrogens is 376 g/mol. The van der Waals surface area contributed by atoms with Crippen LogP contribution in [0.4, 0.5) is 0 Å². The van der Waals surface area contributed by atoms with Crippen molar-refractivity contribution < 1.29 is 39.3 Å². The summed E-state index contributed by atoms with van der Waals surface area (Å²) >= 11 is 0. The third-order valence-corrected chi connectivity index (χ3v) is 3.56. The van der Waals surface area contributed by atoms with Gasteiger partial charge in [-0.3, -0.25) is 19.2 Å². The number of carboxylic acids is 2. The normalized spacial score (nSPS) is 15.1. The number of hydrogen-bond acceptors (Lipinski definition) is 7. The van der Waals surface area contributed by atoms with Crippen LogP contribution in [0.25, 0.3) is 0 Å². The summed E-state index contributed by atoms with van der Waals surface area (Å²) in [5.74, 6) is -5.35. The number of carboxylic acid groups (broad SMARTS) is 2. The molecule has 0 bridgehead atoms. The fourth-order valence-electron chi connectivity index (χ4n) is 2.19. The summed E-state index contributed by atoms with van der Waals surface area (Å²) in [5, 5.41) is 33.6. The van der Waals surface area contributed by atoms with Crippen molar-refractivity contribution >= 4 is 29.7 Å². The van der Waals surface area contributed by atoms with Crippen LogP contribution in [-0.2, 0) is 24.0 Å². The number of aliphatic hydroxyl groups excluding tert-OH is 1. The van der Waals surface area contributed by atoms with Gasteiger partial charge >= 0.3 is 11.9 Å². The molecule has 12 nitrogen and oxygen atoms in total. The molecule has 160 valence electrons. The van der Waals surface area contributed by atoms with Crippen molar-refractivity contribution in [3.63, 3.8) is 0 Å². The number of aliphatic hydroxyl groups is 1. The van der Waals surface area contributed by atoms with Crippen LogP contribution in [-0.4, -0.2) is 75.8 Å². The van der Waals surface area contributed by atoms with Crippen LogP contribution in [0.15, 0.2) is 0 Å². The Balaban J connectivity index is 4.88. The molecule has 3 amide bonds. The first-order valence-electron chi connectivity index (χ1n) is 8.60. The Labute approximate surface area is 161 Å². The number of rotatable bonds is 12. The second-order valence-corrected chi connectivity index (χ2v) is 6.74. The predicted octanol–water partition coefficient (Wildman–Crippen LogP) is -2.61. The van der Waals surface area contributed by atoms with Gasteiger partial charge in [-0.25, -0.2) is 4.79 Å². The van der Waals surface area contributed by atoms with E-state index in [0.717, 1.165) is 6.92 Å². The highest BCUT2D eigenvalue weighted by molar-refractivity contribution is 5.94. The molecule has 8 N–H and O–H groups in total. The average molecular weight is 404 g/mol. The average Bonchev–Trinajstić information content (AvgIpc) is 2.54. The molecule has 0 aliphatic carbocycles. The molecule has 0 aliphatic heterocycles. The molecule has 0 heterocycles. The summed E-state index contributed by atoms with van der Waals surface area (Å²) in [7, 11) is 0. The number of aliphatic carboxylic acids is 2. The van der Waals surface area contributed by atoms with E-state index in [1.807, 2.05) is 19.2 Å². The van der Waals surface area contributed by atoms with Gasteiger partial charge in [-0.05, 0) is 19.3 Å². The fraction of sp³-hybridized carbons (Fsp3) is 0.688. The van der Waals surface area contributed by atoms with E-state index in [2.05, 4.69) is 10.6 Å². The van der Waals surface area contributed by atoms with Gasteiger partial charge in [-0.2, -0.15) is 0 Å². The minimum atomic E-state index is -1.69. The summed E-state index contributed by atoms with van der Waals surface area (Å²) in [5.41, 5.74) is 5.67. The number of carbonyl (C=O) groups excluding carboxylic acids is 3. The van der Waals surface area contributed by atoms with E-state index in [1.54, 1.807) is 0 Å². The van der Waals surface area contributed by atoms with Crippen molar-refractivity contribution in [1.82, 2.24) is 16.0 Å². The summed E-state index contributed by atoms with van der Waals surface area (Å²) in [6.45, 7) is 4.31. The van der Waals surface area contributed by atoms with Gasteiger partial charge < -0.3 is 37.0 Å². The highest BCUT2D eigenvalue weighted by Gasteiger charge is 2.30. The van der Waals surface area contributed by atoms with Crippen LogP contribution >= 0.6 is 0 Å². The topological polar surface area (TPSA) is 208 Å². The van der Waals surface area contributed by atoms with E-state index in [-0.39, 0.29) is 5.92 Å². The van der Waals surface area contributed by atoms with E-state index in [0.29, 0.717) is 6.42 Å². The number of carbonyl (C=O) groups is 5. The Kier molecular flexibility index (Phi) is 10.7. The fourth-order valence-corrected chi connectivity index (χ4v) is 2.19. The second kappa shape index (κ2) is 11.9. The molecule has 0 aromatic carbocycles. The summed E-state index contributed by atoms with van der Waals surface area (Å²) in [6, 6.07) is -4.12. The lowest BCUT2D eigenvalue weighted by Crippen LogP contribution is -2.56. The smallest absolute Gasteiger partial charge is 0.328 e. The van der Waals surface area contributed by atoms with E-state index in [1.165, 1.54) is 0 Å². The standard InChI is InChI=1S/C16H28N4O8/c1-7(2)4-9(17)14(25)18-6-11(22)19-10(5-12(23)24)15(26)20-13(8(3)21)16(27)28/h7-10,13,21H,4-6,17H2,1-3H3,(H,18,25)(H,19,22)(H,20,26)(H,23,24)(H,27,28). The molecule has 0 fully saturated rings. The zero-order chi connectivity index (χ0) is 22.0. The highest BCUT2D eigenvalue weighted by atomic mass is 16.4. The Bertz CT molecular complexity index is 593. The number of amides is 3.